The average molecular weight is 437 g/mol. The molecule has 0 unspecified atom stereocenters. The number of benzene rings is 2. The molecule has 0 bridgehead atoms. The van der Waals surface area contributed by atoms with Crippen LogP contribution >= 0.6 is 27.5 Å². The molecule has 0 nitrogen and oxygen atoms in total. The first-order chi connectivity index (χ1) is 10.7. The summed E-state index contributed by atoms with van der Waals surface area (Å²) in [6, 6.07) is 19.0. The fourth-order valence-electron chi connectivity index (χ4n) is 2.21. The van der Waals surface area contributed by atoms with E-state index >= 15 is 0 Å². The van der Waals surface area contributed by atoms with Gasteiger partial charge < -0.3 is 0 Å². The second kappa shape index (κ2) is 7.48. The first kappa shape index (κ1) is 15.8. The average Bonchev–Trinajstić information content (AvgIpc) is 3.08. The van der Waals surface area contributed by atoms with Crippen LogP contribution in [0.3, 0.4) is 0 Å². The van der Waals surface area contributed by atoms with E-state index < -0.39 is 0 Å². The first-order valence-electron chi connectivity index (χ1n) is 6.97. The predicted octanol–water partition coefficient (Wildman–Crippen LogP) is 5.13. The SMILES string of the molecule is Cl/C(=C(/[Se]c1ccccc1)c1ccc(Br)cc1)C1C=CC=C1. The molecular weight excluding hydrogens is 423 g/mol. The van der Waals surface area contributed by atoms with Crippen molar-refractivity contribution >= 4 is 51.4 Å². The number of hydrogen-bond acceptors (Lipinski definition) is 0. The van der Waals surface area contributed by atoms with Crippen LogP contribution in [0.4, 0.5) is 0 Å². The van der Waals surface area contributed by atoms with Gasteiger partial charge in [0, 0.05) is 0 Å². The van der Waals surface area contributed by atoms with E-state index in [0.29, 0.717) is 0 Å². The van der Waals surface area contributed by atoms with Gasteiger partial charge in [0.05, 0.1) is 0 Å². The van der Waals surface area contributed by atoms with Gasteiger partial charge in [0.15, 0.2) is 0 Å². The van der Waals surface area contributed by atoms with E-state index in [1.807, 2.05) is 6.07 Å². The van der Waals surface area contributed by atoms with E-state index in [2.05, 4.69) is 88.8 Å². The quantitative estimate of drug-likeness (QED) is 0.583. The molecular formula is C19H14BrClSe. The molecule has 0 spiro atoms. The van der Waals surface area contributed by atoms with Gasteiger partial charge in [0.25, 0.3) is 0 Å². The van der Waals surface area contributed by atoms with Crippen LogP contribution in [0.1, 0.15) is 5.56 Å². The van der Waals surface area contributed by atoms with Gasteiger partial charge in [-0.25, -0.2) is 0 Å². The van der Waals surface area contributed by atoms with Crippen molar-refractivity contribution in [3.8, 4) is 0 Å². The summed E-state index contributed by atoms with van der Waals surface area (Å²) < 4.78 is 3.66. The van der Waals surface area contributed by atoms with Gasteiger partial charge in [-0.2, -0.15) is 0 Å². The second-order valence-electron chi connectivity index (χ2n) is 4.89. The normalized spacial score (nSPS) is 15.2. The monoisotopic (exact) mass is 436 g/mol. The van der Waals surface area contributed by atoms with Crippen LogP contribution in [0.5, 0.6) is 0 Å². The summed E-state index contributed by atoms with van der Waals surface area (Å²) in [6.45, 7) is 0. The van der Waals surface area contributed by atoms with Crippen molar-refractivity contribution in [3.05, 3.63) is 94.0 Å². The molecule has 0 radical (unpaired) electrons. The zero-order valence-electron chi connectivity index (χ0n) is 11.7. The molecule has 0 atom stereocenters. The van der Waals surface area contributed by atoms with Crippen molar-refractivity contribution in [2.75, 3.05) is 0 Å². The van der Waals surface area contributed by atoms with Crippen molar-refractivity contribution in [1.29, 1.82) is 0 Å². The molecule has 0 heterocycles. The number of hydrogen-bond donors (Lipinski definition) is 0. The van der Waals surface area contributed by atoms with Gasteiger partial charge in [0.1, 0.15) is 0 Å². The van der Waals surface area contributed by atoms with Crippen LogP contribution in [-0.2, 0) is 0 Å². The Morgan fingerprint density at radius 3 is 2.18 bits per heavy atom. The van der Waals surface area contributed by atoms with E-state index in [4.69, 9.17) is 11.6 Å². The van der Waals surface area contributed by atoms with Crippen LogP contribution in [0, 0.1) is 5.92 Å². The van der Waals surface area contributed by atoms with Gasteiger partial charge in [-0.1, -0.05) is 0 Å². The maximum absolute atomic E-state index is 6.76. The van der Waals surface area contributed by atoms with Crippen molar-refractivity contribution in [1.82, 2.24) is 0 Å². The molecule has 1 aliphatic carbocycles. The molecule has 0 aliphatic heterocycles. The Hall–Kier alpha value is -1.05. The Morgan fingerprint density at radius 1 is 0.909 bits per heavy atom. The molecule has 1 aliphatic rings. The van der Waals surface area contributed by atoms with Crippen LogP contribution in [0.2, 0.25) is 0 Å². The van der Waals surface area contributed by atoms with Crippen molar-refractivity contribution in [2.24, 2.45) is 5.92 Å². The third-order valence-electron chi connectivity index (χ3n) is 3.33. The number of rotatable bonds is 4. The summed E-state index contributed by atoms with van der Waals surface area (Å²) >= 11 is 10.4. The summed E-state index contributed by atoms with van der Waals surface area (Å²) in [5.41, 5.74) is 1.20. The number of halogens is 2. The van der Waals surface area contributed by atoms with Gasteiger partial charge >= 0.3 is 151 Å². The summed E-state index contributed by atoms with van der Waals surface area (Å²) in [6.07, 6.45) is 8.40. The summed E-state index contributed by atoms with van der Waals surface area (Å²) in [5.74, 6) is 0.200. The molecule has 0 fully saturated rings. The second-order valence-corrected chi connectivity index (χ2v) is 8.49. The maximum atomic E-state index is 6.76. The van der Waals surface area contributed by atoms with Gasteiger partial charge in [0.2, 0.25) is 0 Å². The summed E-state index contributed by atoms with van der Waals surface area (Å²) in [5, 5.41) is 0.927. The molecule has 22 heavy (non-hydrogen) atoms. The Kier molecular flexibility index (Phi) is 5.38. The molecule has 110 valence electrons. The first-order valence-corrected chi connectivity index (χ1v) is 9.86. The third-order valence-corrected chi connectivity index (χ3v) is 7.00. The summed E-state index contributed by atoms with van der Waals surface area (Å²) in [4.78, 5) is 0. The zero-order valence-corrected chi connectivity index (χ0v) is 15.8. The fourth-order valence-corrected chi connectivity index (χ4v) is 5.06. The Balaban J connectivity index is 2.01. The molecule has 3 heteroatoms. The van der Waals surface area contributed by atoms with Gasteiger partial charge in [-0.05, 0) is 0 Å². The zero-order chi connectivity index (χ0) is 15.4. The number of allylic oxidation sites excluding steroid dienone is 5. The van der Waals surface area contributed by atoms with Crippen molar-refractivity contribution in [3.63, 3.8) is 0 Å². The van der Waals surface area contributed by atoms with E-state index in [1.165, 1.54) is 14.5 Å². The van der Waals surface area contributed by atoms with Crippen LogP contribution in [-0.4, -0.2) is 15.0 Å². The molecule has 0 aromatic heterocycles. The molecule has 3 rings (SSSR count). The molecule has 2 aromatic carbocycles. The standard InChI is InChI=1S/C19H14BrClSe/c20-16-12-10-15(11-13-16)19(18(21)14-6-4-5-7-14)22-17-8-2-1-3-9-17/h1-14H/b19-18+. The Bertz CT molecular complexity index is 718. The molecule has 0 amide bonds. The van der Waals surface area contributed by atoms with E-state index in [1.54, 1.807) is 0 Å². The van der Waals surface area contributed by atoms with Gasteiger partial charge in [-0.3, -0.25) is 0 Å². The molecule has 0 N–H and O–H groups in total. The van der Waals surface area contributed by atoms with Crippen LogP contribution in [0.15, 0.2) is 88.4 Å². The molecule has 0 saturated carbocycles. The fraction of sp³-hybridized carbons (Fsp3) is 0.0526. The predicted molar refractivity (Wildman–Crippen MR) is 101 cm³/mol. The van der Waals surface area contributed by atoms with Crippen molar-refractivity contribution in [2.45, 2.75) is 0 Å². The molecule has 0 saturated heterocycles. The minimum absolute atomic E-state index is 0.177. The van der Waals surface area contributed by atoms with Gasteiger partial charge in [-0.15, -0.1) is 0 Å². The van der Waals surface area contributed by atoms with E-state index in [-0.39, 0.29) is 20.9 Å². The van der Waals surface area contributed by atoms with Crippen LogP contribution in [0.25, 0.3) is 4.47 Å². The van der Waals surface area contributed by atoms with E-state index in [9.17, 15) is 0 Å². The topological polar surface area (TPSA) is 0 Å². The third kappa shape index (κ3) is 3.83. The van der Waals surface area contributed by atoms with Crippen molar-refractivity contribution < 1.29 is 0 Å². The van der Waals surface area contributed by atoms with Crippen LogP contribution < -0.4 is 4.46 Å². The Labute approximate surface area is 150 Å². The summed E-state index contributed by atoms with van der Waals surface area (Å²) in [7, 11) is 0. The van der Waals surface area contributed by atoms with E-state index in [0.717, 1.165) is 9.51 Å². The Morgan fingerprint density at radius 2 is 1.55 bits per heavy atom. The molecule has 2 aromatic rings. The minimum atomic E-state index is 0.177.